The molecule has 1 aromatic carbocycles. The van der Waals surface area contributed by atoms with Crippen LogP contribution in [0.1, 0.15) is 32.3 Å². The highest BCUT2D eigenvalue weighted by Crippen LogP contribution is 2.57. The van der Waals surface area contributed by atoms with Gasteiger partial charge in [-0.2, -0.15) is 0 Å². The maximum absolute atomic E-state index is 2.56. The van der Waals surface area contributed by atoms with Crippen LogP contribution in [0, 0.1) is 0 Å². The molecule has 0 radical (unpaired) electrons. The van der Waals surface area contributed by atoms with Gasteiger partial charge in [-0.15, -0.1) is 0 Å². The van der Waals surface area contributed by atoms with Crippen LogP contribution in [0.2, 0.25) is 0 Å². The van der Waals surface area contributed by atoms with Crippen molar-refractivity contribution in [1.29, 1.82) is 0 Å². The Kier molecular flexibility index (Phi) is 1.73. The fraction of sp³-hybridized carbons (Fsp3) is 0.429. The van der Waals surface area contributed by atoms with Crippen LogP contribution in [0.25, 0.3) is 5.57 Å². The molecule has 2 aliphatic rings. The number of unbranched alkanes of at least 4 members (excludes halogenated alkanes) is 1. The van der Waals surface area contributed by atoms with Crippen molar-refractivity contribution in [3.8, 4) is 0 Å². The molecule has 3 rings (SSSR count). The smallest absolute Gasteiger partial charge is 0.0820 e. The van der Waals surface area contributed by atoms with Gasteiger partial charge in [-0.3, -0.25) is 0 Å². The van der Waals surface area contributed by atoms with E-state index < -0.39 is 0 Å². The average molecular weight is 199 g/mol. The standard InChI is InChI=1S/C14H17N/c1-3-4-9-15-13-8-6-5-7-11(13)12-10-14(12,15)2/h5-8,10H,3-4,9H2,1-2H3. The number of anilines is 1. The van der Waals surface area contributed by atoms with E-state index in [0.29, 0.717) is 0 Å². The number of benzene rings is 1. The van der Waals surface area contributed by atoms with Crippen LogP contribution in [0.15, 0.2) is 30.3 Å². The van der Waals surface area contributed by atoms with Gasteiger partial charge < -0.3 is 4.90 Å². The van der Waals surface area contributed by atoms with Crippen molar-refractivity contribution in [3.05, 3.63) is 35.9 Å². The minimum Gasteiger partial charge on any atom is -0.358 e. The van der Waals surface area contributed by atoms with Crippen molar-refractivity contribution in [2.24, 2.45) is 0 Å². The Morgan fingerprint density at radius 1 is 1.27 bits per heavy atom. The number of para-hydroxylation sites is 1. The van der Waals surface area contributed by atoms with E-state index in [-0.39, 0.29) is 5.54 Å². The SMILES string of the molecule is CCCCN1c2ccccc2C2=CC21C. The third kappa shape index (κ3) is 1.09. The molecule has 0 fully saturated rings. The molecule has 78 valence electrons. The van der Waals surface area contributed by atoms with Crippen LogP contribution in [0.3, 0.4) is 0 Å². The van der Waals surface area contributed by atoms with Crippen LogP contribution >= 0.6 is 0 Å². The van der Waals surface area contributed by atoms with Crippen LogP contribution in [-0.2, 0) is 0 Å². The molecule has 0 N–H and O–H groups in total. The third-order valence-electron chi connectivity index (χ3n) is 3.67. The van der Waals surface area contributed by atoms with Crippen molar-refractivity contribution in [2.75, 3.05) is 11.4 Å². The van der Waals surface area contributed by atoms with Gasteiger partial charge in [0.1, 0.15) is 0 Å². The summed E-state index contributed by atoms with van der Waals surface area (Å²) in [7, 11) is 0. The van der Waals surface area contributed by atoms with E-state index in [0.717, 1.165) is 0 Å². The summed E-state index contributed by atoms with van der Waals surface area (Å²) in [6.45, 7) is 5.77. The summed E-state index contributed by atoms with van der Waals surface area (Å²) in [5, 5.41) is 0. The summed E-state index contributed by atoms with van der Waals surface area (Å²) in [6, 6.07) is 8.79. The number of nitrogens with zero attached hydrogens (tertiary/aromatic N) is 1. The van der Waals surface area contributed by atoms with E-state index in [4.69, 9.17) is 0 Å². The molecular formula is C14H17N. The van der Waals surface area contributed by atoms with Crippen molar-refractivity contribution in [3.63, 3.8) is 0 Å². The van der Waals surface area contributed by atoms with Gasteiger partial charge in [0.15, 0.2) is 0 Å². The predicted octanol–water partition coefficient (Wildman–Crippen LogP) is 3.46. The number of fused-ring (bicyclic) bond motifs is 3. The zero-order valence-electron chi connectivity index (χ0n) is 9.46. The molecule has 0 amide bonds. The molecule has 1 aromatic rings. The first-order valence-corrected chi connectivity index (χ1v) is 5.88. The first kappa shape index (κ1) is 9.02. The zero-order chi connectivity index (χ0) is 10.5. The Bertz CT molecular complexity index is 433. The number of hydrogen-bond acceptors (Lipinski definition) is 1. The molecule has 0 bridgehead atoms. The normalized spacial score (nSPS) is 26.0. The van der Waals surface area contributed by atoms with Gasteiger partial charge >= 0.3 is 0 Å². The number of hydrogen-bond donors (Lipinski definition) is 0. The maximum atomic E-state index is 2.56. The summed E-state index contributed by atoms with van der Waals surface area (Å²) in [6.07, 6.45) is 4.94. The minimum absolute atomic E-state index is 0.263. The van der Waals surface area contributed by atoms with E-state index in [9.17, 15) is 0 Å². The second kappa shape index (κ2) is 2.88. The van der Waals surface area contributed by atoms with Crippen molar-refractivity contribution >= 4 is 11.3 Å². The highest BCUT2D eigenvalue weighted by atomic mass is 15.2. The predicted molar refractivity (Wildman–Crippen MR) is 65.1 cm³/mol. The average Bonchev–Trinajstić information content (AvgIpc) is 2.87. The van der Waals surface area contributed by atoms with E-state index in [1.807, 2.05) is 0 Å². The van der Waals surface area contributed by atoms with Crippen molar-refractivity contribution in [2.45, 2.75) is 32.2 Å². The summed E-state index contributed by atoms with van der Waals surface area (Å²) < 4.78 is 0. The highest BCUT2D eigenvalue weighted by Gasteiger charge is 2.51. The molecule has 0 spiro atoms. The maximum Gasteiger partial charge on any atom is 0.0820 e. The van der Waals surface area contributed by atoms with E-state index in [1.165, 1.54) is 36.2 Å². The van der Waals surface area contributed by atoms with Crippen LogP contribution in [0.5, 0.6) is 0 Å². The summed E-state index contributed by atoms with van der Waals surface area (Å²) in [5.41, 5.74) is 4.69. The molecule has 1 aliphatic heterocycles. The van der Waals surface area contributed by atoms with Crippen LogP contribution in [-0.4, -0.2) is 12.1 Å². The molecular weight excluding hydrogens is 182 g/mol. The Morgan fingerprint density at radius 3 is 2.87 bits per heavy atom. The summed E-state index contributed by atoms with van der Waals surface area (Å²) in [5.74, 6) is 0. The molecule has 1 aliphatic carbocycles. The second-order valence-electron chi connectivity index (χ2n) is 4.73. The Hall–Kier alpha value is -1.24. The highest BCUT2D eigenvalue weighted by molar-refractivity contribution is 6.02. The van der Waals surface area contributed by atoms with Gasteiger partial charge in [0.05, 0.1) is 5.54 Å². The van der Waals surface area contributed by atoms with Gasteiger partial charge in [0.25, 0.3) is 0 Å². The lowest BCUT2D eigenvalue weighted by atomic mass is 10.1. The quantitative estimate of drug-likeness (QED) is 0.720. The lowest BCUT2D eigenvalue weighted by molar-refractivity contribution is 0.659. The topological polar surface area (TPSA) is 3.24 Å². The largest absolute Gasteiger partial charge is 0.358 e. The molecule has 0 saturated carbocycles. The number of rotatable bonds is 3. The first-order valence-electron chi connectivity index (χ1n) is 5.88. The van der Waals surface area contributed by atoms with Crippen molar-refractivity contribution in [1.82, 2.24) is 0 Å². The van der Waals surface area contributed by atoms with Crippen LogP contribution < -0.4 is 4.90 Å². The van der Waals surface area contributed by atoms with Gasteiger partial charge in [0.2, 0.25) is 0 Å². The molecule has 1 heteroatoms. The fourth-order valence-electron chi connectivity index (χ4n) is 2.67. The summed E-state index contributed by atoms with van der Waals surface area (Å²) >= 11 is 0. The van der Waals surface area contributed by atoms with Gasteiger partial charge in [0, 0.05) is 17.8 Å². The lowest BCUT2D eigenvalue weighted by Gasteiger charge is -2.28. The van der Waals surface area contributed by atoms with Crippen LogP contribution in [0.4, 0.5) is 5.69 Å². The first-order chi connectivity index (χ1) is 7.27. The minimum atomic E-state index is 0.263. The zero-order valence-corrected chi connectivity index (χ0v) is 9.46. The summed E-state index contributed by atoms with van der Waals surface area (Å²) in [4.78, 5) is 2.56. The van der Waals surface area contributed by atoms with Crippen molar-refractivity contribution < 1.29 is 0 Å². The van der Waals surface area contributed by atoms with E-state index in [1.54, 1.807) is 0 Å². The van der Waals surface area contributed by atoms with E-state index >= 15 is 0 Å². The van der Waals surface area contributed by atoms with Gasteiger partial charge in [-0.25, -0.2) is 0 Å². The Labute approximate surface area is 91.4 Å². The van der Waals surface area contributed by atoms with Gasteiger partial charge in [-0.1, -0.05) is 31.5 Å². The van der Waals surface area contributed by atoms with E-state index in [2.05, 4.69) is 49.1 Å². The molecule has 1 atom stereocenters. The molecule has 0 aromatic heterocycles. The molecule has 1 heterocycles. The fourth-order valence-corrected chi connectivity index (χ4v) is 2.67. The Morgan fingerprint density at radius 2 is 2.07 bits per heavy atom. The third-order valence-corrected chi connectivity index (χ3v) is 3.67. The second-order valence-corrected chi connectivity index (χ2v) is 4.73. The Balaban J connectivity index is 1.96. The molecule has 1 unspecified atom stereocenters. The molecule has 0 saturated heterocycles. The molecule has 1 nitrogen and oxygen atoms in total. The van der Waals surface area contributed by atoms with Gasteiger partial charge in [-0.05, 0) is 31.1 Å². The molecule has 15 heavy (non-hydrogen) atoms. The lowest BCUT2D eigenvalue weighted by Crippen LogP contribution is -2.34. The monoisotopic (exact) mass is 199 g/mol.